The van der Waals surface area contributed by atoms with E-state index in [1.54, 1.807) is 12.1 Å². The second-order valence-electron chi connectivity index (χ2n) is 5.00. The second kappa shape index (κ2) is 6.92. The van der Waals surface area contributed by atoms with E-state index < -0.39 is 17.5 Å². The molecule has 106 valence electrons. The number of aliphatic hydroxyl groups is 1. The lowest BCUT2D eigenvalue weighted by atomic mass is 9.83. The number of hydrogen-bond acceptors (Lipinski definition) is 2. The Morgan fingerprint density at radius 3 is 2.21 bits per heavy atom. The van der Waals surface area contributed by atoms with Crippen molar-refractivity contribution < 1.29 is 15.0 Å². The van der Waals surface area contributed by atoms with E-state index in [4.69, 9.17) is 11.6 Å². The van der Waals surface area contributed by atoms with Crippen molar-refractivity contribution in [1.82, 2.24) is 0 Å². The Balaban J connectivity index is 2.78. The smallest absolute Gasteiger partial charge is 0.306 e. The topological polar surface area (TPSA) is 57.5 Å². The predicted octanol–water partition coefficient (Wildman–Crippen LogP) is 3.52. The lowest BCUT2D eigenvalue weighted by Crippen LogP contribution is -2.33. The van der Waals surface area contributed by atoms with E-state index in [1.807, 2.05) is 26.0 Å². The van der Waals surface area contributed by atoms with Crippen molar-refractivity contribution >= 4 is 17.6 Å². The fourth-order valence-electron chi connectivity index (χ4n) is 2.15. The van der Waals surface area contributed by atoms with Crippen molar-refractivity contribution in [2.45, 2.75) is 45.1 Å². The van der Waals surface area contributed by atoms with Gasteiger partial charge in [-0.2, -0.15) is 0 Å². The molecule has 0 bridgehead atoms. The van der Waals surface area contributed by atoms with Gasteiger partial charge in [0.25, 0.3) is 0 Å². The van der Waals surface area contributed by atoms with Gasteiger partial charge in [0.05, 0.1) is 11.5 Å². The first-order valence-electron chi connectivity index (χ1n) is 6.60. The molecule has 1 atom stereocenters. The Kier molecular flexibility index (Phi) is 5.83. The molecule has 1 unspecified atom stereocenters. The molecule has 4 heteroatoms. The third-order valence-corrected chi connectivity index (χ3v) is 3.94. The van der Waals surface area contributed by atoms with Gasteiger partial charge in [0.1, 0.15) is 0 Å². The molecular formula is C15H21ClO3. The highest BCUT2D eigenvalue weighted by molar-refractivity contribution is 6.30. The highest BCUT2D eigenvalue weighted by Gasteiger charge is 2.30. The number of carbonyl (C=O) groups is 1. The van der Waals surface area contributed by atoms with Crippen molar-refractivity contribution in [2.24, 2.45) is 5.92 Å². The second-order valence-corrected chi connectivity index (χ2v) is 5.44. The van der Waals surface area contributed by atoms with Crippen LogP contribution in [-0.4, -0.2) is 21.8 Å². The molecule has 1 rings (SSSR count). The van der Waals surface area contributed by atoms with Crippen molar-refractivity contribution in [3.8, 4) is 0 Å². The van der Waals surface area contributed by atoms with Gasteiger partial charge in [-0.1, -0.05) is 37.6 Å². The summed E-state index contributed by atoms with van der Waals surface area (Å²) in [5.74, 6) is -1.44. The van der Waals surface area contributed by atoms with E-state index >= 15 is 0 Å². The summed E-state index contributed by atoms with van der Waals surface area (Å²) in [4.78, 5) is 11.3. The molecule has 0 aliphatic heterocycles. The minimum Gasteiger partial charge on any atom is -0.481 e. The molecule has 19 heavy (non-hydrogen) atoms. The van der Waals surface area contributed by atoms with Crippen LogP contribution in [-0.2, 0) is 11.2 Å². The van der Waals surface area contributed by atoms with Gasteiger partial charge in [0.15, 0.2) is 0 Å². The summed E-state index contributed by atoms with van der Waals surface area (Å²) in [6.45, 7) is 3.76. The molecule has 1 aromatic rings. The average Bonchev–Trinajstić information content (AvgIpc) is 2.40. The fraction of sp³-hybridized carbons (Fsp3) is 0.533. The molecule has 0 aromatic heterocycles. The number of rotatable bonds is 7. The maximum Gasteiger partial charge on any atom is 0.306 e. The Morgan fingerprint density at radius 1 is 1.26 bits per heavy atom. The van der Waals surface area contributed by atoms with Crippen molar-refractivity contribution in [2.75, 3.05) is 0 Å². The first kappa shape index (κ1) is 16.0. The van der Waals surface area contributed by atoms with Gasteiger partial charge < -0.3 is 10.2 Å². The van der Waals surface area contributed by atoms with Crippen molar-refractivity contribution in [3.05, 3.63) is 34.9 Å². The summed E-state index contributed by atoms with van der Waals surface area (Å²) < 4.78 is 0. The number of benzene rings is 1. The van der Waals surface area contributed by atoms with Crippen LogP contribution in [0.25, 0.3) is 0 Å². The van der Waals surface area contributed by atoms with Gasteiger partial charge in [0.2, 0.25) is 0 Å². The summed E-state index contributed by atoms with van der Waals surface area (Å²) in [7, 11) is 0. The fourth-order valence-corrected chi connectivity index (χ4v) is 2.28. The van der Waals surface area contributed by atoms with Crippen LogP contribution < -0.4 is 0 Å². The van der Waals surface area contributed by atoms with Crippen LogP contribution in [0.1, 0.15) is 38.7 Å². The van der Waals surface area contributed by atoms with E-state index in [1.165, 1.54) is 0 Å². The molecular weight excluding hydrogens is 264 g/mol. The Hall–Kier alpha value is -1.06. The first-order chi connectivity index (χ1) is 8.90. The average molecular weight is 285 g/mol. The zero-order chi connectivity index (χ0) is 14.5. The highest BCUT2D eigenvalue weighted by Crippen LogP contribution is 2.27. The van der Waals surface area contributed by atoms with E-state index in [2.05, 4.69) is 0 Å². The Bertz CT molecular complexity index is 410. The van der Waals surface area contributed by atoms with Gasteiger partial charge in [-0.3, -0.25) is 4.79 Å². The SMILES string of the molecule is CCC(O)(CC)CC(Cc1ccc(Cl)cc1)C(=O)O. The zero-order valence-electron chi connectivity index (χ0n) is 11.4. The maximum atomic E-state index is 11.3. The van der Waals surface area contributed by atoms with Crippen molar-refractivity contribution in [3.63, 3.8) is 0 Å². The van der Waals surface area contributed by atoms with Crippen LogP contribution in [0.3, 0.4) is 0 Å². The van der Waals surface area contributed by atoms with Gasteiger partial charge in [-0.05, 0) is 43.4 Å². The summed E-state index contributed by atoms with van der Waals surface area (Å²) in [6, 6.07) is 7.16. The van der Waals surface area contributed by atoms with Crippen LogP contribution in [0, 0.1) is 5.92 Å². The maximum absolute atomic E-state index is 11.3. The molecule has 0 saturated carbocycles. The van der Waals surface area contributed by atoms with E-state index in [0.717, 1.165) is 5.56 Å². The van der Waals surface area contributed by atoms with E-state index in [-0.39, 0.29) is 6.42 Å². The number of carboxylic acid groups (broad SMARTS) is 1. The standard InChI is InChI=1S/C15H21ClO3/c1-3-15(19,4-2)10-12(14(17)18)9-11-5-7-13(16)8-6-11/h5-8,12,19H,3-4,9-10H2,1-2H3,(H,17,18). The van der Waals surface area contributed by atoms with E-state index in [9.17, 15) is 15.0 Å². The normalized spacial score (nSPS) is 13.3. The minimum atomic E-state index is -0.893. The lowest BCUT2D eigenvalue weighted by molar-refractivity contribution is -0.144. The molecule has 0 heterocycles. The summed E-state index contributed by atoms with van der Waals surface area (Å²) >= 11 is 5.81. The predicted molar refractivity (Wildman–Crippen MR) is 76.4 cm³/mol. The molecule has 0 fully saturated rings. The molecule has 0 radical (unpaired) electrons. The summed E-state index contributed by atoms with van der Waals surface area (Å²) in [5.41, 5.74) is 0.0292. The van der Waals surface area contributed by atoms with E-state index in [0.29, 0.717) is 24.3 Å². The monoisotopic (exact) mass is 284 g/mol. The van der Waals surface area contributed by atoms with Crippen LogP contribution in [0.4, 0.5) is 0 Å². The molecule has 1 aromatic carbocycles. The van der Waals surface area contributed by atoms with Gasteiger partial charge >= 0.3 is 5.97 Å². The van der Waals surface area contributed by atoms with Crippen molar-refractivity contribution in [1.29, 1.82) is 0 Å². The van der Waals surface area contributed by atoms with Gasteiger partial charge in [-0.25, -0.2) is 0 Å². The molecule has 3 nitrogen and oxygen atoms in total. The van der Waals surface area contributed by atoms with Crippen LogP contribution in [0.15, 0.2) is 24.3 Å². The molecule has 0 saturated heterocycles. The summed E-state index contributed by atoms with van der Waals surface area (Å²) in [5, 5.41) is 20.2. The number of halogens is 1. The van der Waals surface area contributed by atoms with Crippen LogP contribution in [0.2, 0.25) is 5.02 Å². The minimum absolute atomic E-state index is 0.276. The lowest BCUT2D eigenvalue weighted by Gasteiger charge is -2.28. The molecule has 0 aliphatic carbocycles. The largest absolute Gasteiger partial charge is 0.481 e. The first-order valence-corrected chi connectivity index (χ1v) is 6.97. The zero-order valence-corrected chi connectivity index (χ0v) is 12.2. The third-order valence-electron chi connectivity index (χ3n) is 3.69. The molecule has 0 spiro atoms. The summed E-state index contributed by atoms with van der Waals surface area (Å²) in [6.07, 6.45) is 1.81. The van der Waals surface area contributed by atoms with Crippen LogP contribution in [0.5, 0.6) is 0 Å². The van der Waals surface area contributed by atoms with Crippen LogP contribution >= 0.6 is 11.6 Å². The van der Waals surface area contributed by atoms with Gasteiger partial charge in [0, 0.05) is 5.02 Å². The molecule has 0 aliphatic rings. The number of carboxylic acids is 1. The number of hydrogen-bond donors (Lipinski definition) is 2. The molecule has 0 amide bonds. The quantitative estimate of drug-likeness (QED) is 0.805. The van der Waals surface area contributed by atoms with Gasteiger partial charge in [-0.15, -0.1) is 0 Å². The number of aliphatic carboxylic acids is 1. The third kappa shape index (κ3) is 4.84. The Labute approximate surface area is 119 Å². The Morgan fingerprint density at radius 2 is 1.79 bits per heavy atom. The molecule has 2 N–H and O–H groups in total. The highest BCUT2D eigenvalue weighted by atomic mass is 35.5.